The molecule has 1 aromatic carbocycles. The quantitative estimate of drug-likeness (QED) is 0.881. The Hall–Kier alpha value is -1.67. The molecule has 1 heterocycles. The number of hydrogen-bond donors (Lipinski definition) is 2. The van der Waals surface area contributed by atoms with Crippen molar-refractivity contribution in [2.45, 2.75) is 12.8 Å². The van der Waals surface area contributed by atoms with Gasteiger partial charge in [-0.25, -0.2) is 22.3 Å². The van der Waals surface area contributed by atoms with Crippen LogP contribution in [0.25, 0.3) is 0 Å². The van der Waals surface area contributed by atoms with Crippen molar-refractivity contribution in [3.63, 3.8) is 0 Å². The fraction of sp³-hybridized carbons (Fsp3) is 0.500. The molecule has 0 radical (unpaired) electrons. The second kappa shape index (κ2) is 7.06. The summed E-state index contributed by atoms with van der Waals surface area (Å²) >= 11 is 0. The van der Waals surface area contributed by atoms with Gasteiger partial charge in [0, 0.05) is 25.3 Å². The van der Waals surface area contributed by atoms with Crippen LogP contribution in [0, 0.1) is 11.7 Å². The number of nitrogens with zero attached hydrogens (tertiary/aromatic N) is 1. The van der Waals surface area contributed by atoms with E-state index in [2.05, 4.69) is 10.0 Å². The molecule has 1 fully saturated rings. The topological polar surface area (TPSA) is 78.5 Å². The molecule has 0 aliphatic carbocycles. The highest BCUT2D eigenvalue weighted by Gasteiger charge is 2.23. The molecule has 22 heavy (non-hydrogen) atoms. The van der Waals surface area contributed by atoms with Crippen molar-refractivity contribution in [3.8, 4) is 0 Å². The van der Waals surface area contributed by atoms with E-state index in [1.807, 2.05) is 0 Å². The first-order chi connectivity index (χ1) is 10.3. The predicted molar refractivity (Wildman–Crippen MR) is 82.6 cm³/mol. The summed E-state index contributed by atoms with van der Waals surface area (Å²) in [6.45, 7) is 1.55. The summed E-state index contributed by atoms with van der Waals surface area (Å²) in [5, 5.41) is 2.72. The fourth-order valence-corrected chi connectivity index (χ4v) is 2.88. The average molecular weight is 329 g/mol. The van der Waals surface area contributed by atoms with E-state index in [0.29, 0.717) is 25.3 Å². The second-order valence-electron chi connectivity index (χ2n) is 5.49. The maximum absolute atomic E-state index is 12.8. The van der Waals surface area contributed by atoms with Crippen molar-refractivity contribution < 1.29 is 17.6 Å². The molecular formula is C14H20FN3O3S. The first-order valence-corrected chi connectivity index (χ1v) is 8.99. The monoisotopic (exact) mass is 329 g/mol. The number of likely N-dealkylation sites (tertiary alicyclic amines) is 1. The lowest BCUT2D eigenvalue weighted by Gasteiger charge is -2.32. The van der Waals surface area contributed by atoms with Crippen LogP contribution in [0.3, 0.4) is 0 Å². The minimum atomic E-state index is -3.17. The molecule has 122 valence electrons. The molecule has 2 amide bonds. The zero-order valence-electron chi connectivity index (χ0n) is 12.4. The molecule has 0 bridgehead atoms. The highest BCUT2D eigenvalue weighted by Crippen LogP contribution is 2.18. The molecule has 2 N–H and O–H groups in total. The van der Waals surface area contributed by atoms with Crippen LogP contribution in [0.1, 0.15) is 12.8 Å². The third kappa shape index (κ3) is 5.27. The molecule has 1 saturated heterocycles. The van der Waals surface area contributed by atoms with Crippen molar-refractivity contribution in [2.75, 3.05) is 31.2 Å². The second-order valence-corrected chi connectivity index (χ2v) is 7.32. The third-order valence-corrected chi connectivity index (χ3v) is 4.32. The van der Waals surface area contributed by atoms with Crippen LogP contribution in [0.15, 0.2) is 24.3 Å². The third-order valence-electron chi connectivity index (χ3n) is 3.63. The van der Waals surface area contributed by atoms with Crippen molar-refractivity contribution >= 4 is 21.7 Å². The number of hydrogen-bond acceptors (Lipinski definition) is 3. The summed E-state index contributed by atoms with van der Waals surface area (Å²) in [6.07, 6.45) is 2.64. The van der Waals surface area contributed by atoms with Crippen LogP contribution in [0.4, 0.5) is 14.9 Å². The number of nitrogens with one attached hydrogen (secondary N) is 2. The van der Waals surface area contributed by atoms with Crippen LogP contribution in [-0.2, 0) is 10.0 Å². The van der Waals surface area contributed by atoms with Gasteiger partial charge in [0.1, 0.15) is 5.82 Å². The number of urea groups is 1. The lowest BCUT2D eigenvalue weighted by Crippen LogP contribution is -2.43. The van der Waals surface area contributed by atoms with Crippen molar-refractivity contribution in [3.05, 3.63) is 30.1 Å². The number of carbonyl (C=O) groups is 1. The van der Waals surface area contributed by atoms with Gasteiger partial charge in [0.25, 0.3) is 0 Å². The lowest BCUT2D eigenvalue weighted by atomic mass is 9.97. The van der Waals surface area contributed by atoms with Crippen LogP contribution in [0.2, 0.25) is 0 Å². The van der Waals surface area contributed by atoms with Gasteiger partial charge in [-0.1, -0.05) is 0 Å². The molecular weight excluding hydrogens is 309 g/mol. The Morgan fingerprint density at radius 2 is 1.86 bits per heavy atom. The van der Waals surface area contributed by atoms with Gasteiger partial charge < -0.3 is 10.2 Å². The molecule has 8 heteroatoms. The first kappa shape index (κ1) is 16.7. The fourth-order valence-electron chi connectivity index (χ4n) is 2.35. The SMILES string of the molecule is CS(=O)(=O)NCC1CCN(C(=O)Nc2ccc(F)cc2)CC1. The van der Waals surface area contributed by atoms with Crippen molar-refractivity contribution in [1.29, 1.82) is 0 Å². The summed E-state index contributed by atoms with van der Waals surface area (Å²) in [5.74, 6) is -0.109. The van der Waals surface area contributed by atoms with Crippen LogP contribution in [0.5, 0.6) is 0 Å². The van der Waals surface area contributed by atoms with Crippen LogP contribution < -0.4 is 10.0 Å². The van der Waals surface area contributed by atoms with Gasteiger partial charge in [-0.3, -0.25) is 0 Å². The summed E-state index contributed by atoms with van der Waals surface area (Å²) < 4.78 is 37.4. The number of anilines is 1. The summed E-state index contributed by atoms with van der Waals surface area (Å²) in [6, 6.07) is 5.38. The molecule has 0 aromatic heterocycles. The largest absolute Gasteiger partial charge is 0.325 e. The molecule has 1 aromatic rings. The number of piperidine rings is 1. The summed E-state index contributed by atoms with van der Waals surface area (Å²) in [4.78, 5) is 13.8. The minimum Gasteiger partial charge on any atom is -0.325 e. The Kier molecular flexibility index (Phi) is 5.36. The van der Waals surface area contributed by atoms with Crippen LogP contribution >= 0.6 is 0 Å². The first-order valence-electron chi connectivity index (χ1n) is 7.09. The molecule has 0 saturated carbocycles. The van der Waals surface area contributed by atoms with E-state index in [1.165, 1.54) is 24.3 Å². The van der Waals surface area contributed by atoms with E-state index >= 15 is 0 Å². The molecule has 0 spiro atoms. The highest BCUT2D eigenvalue weighted by atomic mass is 32.2. The van der Waals surface area contributed by atoms with Gasteiger partial charge >= 0.3 is 6.03 Å². The van der Waals surface area contributed by atoms with Gasteiger partial charge in [0.2, 0.25) is 10.0 Å². The Labute approximate surface area is 129 Å². The van der Waals surface area contributed by atoms with Gasteiger partial charge in [-0.2, -0.15) is 0 Å². The summed E-state index contributed by atoms with van der Waals surface area (Å²) in [5.41, 5.74) is 0.548. The zero-order chi connectivity index (χ0) is 16.2. The molecule has 0 unspecified atom stereocenters. The Morgan fingerprint density at radius 3 is 2.41 bits per heavy atom. The molecule has 0 atom stereocenters. The number of carbonyl (C=O) groups excluding carboxylic acids is 1. The zero-order valence-corrected chi connectivity index (χ0v) is 13.2. The van der Waals surface area contributed by atoms with Crippen molar-refractivity contribution in [1.82, 2.24) is 9.62 Å². The number of halogens is 1. The minimum absolute atomic E-state index is 0.221. The van der Waals surface area contributed by atoms with E-state index in [4.69, 9.17) is 0 Å². The van der Waals surface area contributed by atoms with Gasteiger partial charge in [0.05, 0.1) is 6.26 Å². The van der Waals surface area contributed by atoms with Gasteiger partial charge in [0.15, 0.2) is 0 Å². The number of sulfonamides is 1. The summed E-state index contributed by atoms with van der Waals surface area (Å²) in [7, 11) is -3.17. The smallest absolute Gasteiger partial charge is 0.321 e. The maximum atomic E-state index is 12.8. The highest BCUT2D eigenvalue weighted by molar-refractivity contribution is 7.88. The van der Waals surface area contributed by atoms with Crippen LogP contribution in [-0.4, -0.2) is 45.2 Å². The van der Waals surface area contributed by atoms with E-state index < -0.39 is 10.0 Å². The predicted octanol–water partition coefficient (Wildman–Crippen LogP) is 1.62. The number of rotatable bonds is 4. The lowest BCUT2D eigenvalue weighted by molar-refractivity contribution is 0.183. The van der Waals surface area contributed by atoms with Crippen molar-refractivity contribution in [2.24, 2.45) is 5.92 Å². The molecule has 1 aliphatic heterocycles. The normalized spacial score (nSPS) is 16.5. The maximum Gasteiger partial charge on any atom is 0.321 e. The van der Waals surface area contributed by atoms with Gasteiger partial charge in [-0.15, -0.1) is 0 Å². The molecule has 1 aliphatic rings. The van der Waals surface area contributed by atoms with Gasteiger partial charge in [-0.05, 0) is 43.0 Å². The molecule has 2 rings (SSSR count). The Balaban J connectivity index is 1.78. The standard InChI is InChI=1S/C14H20FN3O3S/c1-22(20,21)16-10-11-6-8-18(9-7-11)14(19)17-13-4-2-12(15)3-5-13/h2-5,11,16H,6-10H2,1H3,(H,17,19). The van der Waals surface area contributed by atoms with E-state index in [0.717, 1.165) is 19.1 Å². The average Bonchev–Trinajstić information content (AvgIpc) is 2.47. The van der Waals surface area contributed by atoms with E-state index in [1.54, 1.807) is 4.90 Å². The Morgan fingerprint density at radius 1 is 1.27 bits per heavy atom. The van der Waals surface area contributed by atoms with E-state index in [-0.39, 0.29) is 17.8 Å². The van der Waals surface area contributed by atoms with E-state index in [9.17, 15) is 17.6 Å². The molecule has 6 nitrogen and oxygen atoms in total. The number of benzene rings is 1. The number of amides is 2. The Bertz CT molecular complexity index is 611.